The Labute approximate surface area is 129 Å². The molecule has 2 amide bonds. The van der Waals surface area contributed by atoms with Crippen LogP contribution in [0.15, 0.2) is 42.5 Å². The molecule has 2 aromatic rings. The number of hydrogen-bond acceptors (Lipinski definition) is 2. The van der Waals surface area contributed by atoms with Gasteiger partial charge in [-0.3, -0.25) is 0 Å². The van der Waals surface area contributed by atoms with E-state index in [1.807, 2.05) is 25.1 Å². The second-order valence-corrected chi connectivity index (χ2v) is 4.96. The van der Waals surface area contributed by atoms with Crippen LogP contribution >= 0.6 is 0 Å². The lowest BCUT2D eigenvalue weighted by Gasteiger charge is -2.12. The number of aryl methyl sites for hydroxylation is 1. The predicted octanol–water partition coefficient (Wildman–Crippen LogP) is 3.51. The molecule has 0 unspecified atom stereocenters. The molecule has 0 atom stereocenters. The van der Waals surface area contributed by atoms with Gasteiger partial charge in [0.2, 0.25) is 0 Å². The highest BCUT2D eigenvalue weighted by atomic mass is 19.1. The van der Waals surface area contributed by atoms with Crippen molar-refractivity contribution in [3.8, 4) is 5.75 Å². The van der Waals surface area contributed by atoms with Crippen molar-refractivity contribution in [2.75, 3.05) is 19.0 Å². The third-order valence-corrected chi connectivity index (χ3v) is 3.19. The van der Waals surface area contributed by atoms with E-state index in [2.05, 4.69) is 10.6 Å². The lowest BCUT2D eigenvalue weighted by molar-refractivity contribution is 0.252. The quantitative estimate of drug-likeness (QED) is 0.888. The summed E-state index contributed by atoms with van der Waals surface area (Å²) in [6.07, 6.45) is 0.566. The zero-order valence-electron chi connectivity index (χ0n) is 12.7. The maximum absolute atomic E-state index is 13.0. The first-order chi connectivity index (χ1) is 10.6. The Morgan fingerprint density at radius 1 is 1.23 bits per heavy atom. The van der Waals surface area contributed by atoms with Gasteiger partial charge in [0.15, 0.2) is 0 Å². The van der Waals surface area contributed by atoms with E-state index in [9.17, 15) is 9.18 Å². The number of benzene rings is 2. The largest absolute Gasteiger partial charge is 0.495 e. The van der Waals surface area contributed by atoms with Gasteiger partial charge in [-0.25, -0.2) is 9.18 Å². The summed E-state index contributed by atoms with van der Waals surface area (Å²) in [5, 5.41) is 5.49. The summed E-state index contributed by atoms with van der Waals surface area (Å²) in [5.74, 6) is 0.331. The topological polar surface area (TPSA) is 50.4 Å². The molecule has 0 bridgehead atoms. The van der Waals surface area contributed by atoms with Crippen LogP contribution in [0, 0.1) is 12.7 Å². The number of halogens is 1. The highest BCUT2D eigenvalue weighted by molar-refractivity contribution is 5.91. The standard InChI is InChI=1S/C17H19FN2O2/c1-12-6-7-16(22-2)15(10-12)20-17(21)19-9-8-13-4-3-5-14(18)11-13/h3-7,10-11H,8-9H2,1-2H3,(H2,19,20,21). The van der Waals surface area contributed by atoms with Crippen LogP contribution < -0.4 is 15.4 Å². The number of carbonyl (C=O) groups is 1. The minimum absolute atomic E-state index is 0.272. The molecule has 0 aliphatic carbocycles. The van der Waals surface area contributed by atoms with Crippen molar-refractivity contribution in [3.05, 3.63) is 59.4 Å². The summed E-state index contributed by atoms with van der Waals surface area (Å²) in [6, 6.07) is 11.6. The van der Waals surface area contributed by atoms with Crippen LogP contribution in [0.3, 0.4) is 0 Å². The maximum atomic E-state index is 13.0. The molecule has 4 nitrogen and oxygen atoms in total. The normalized spacial score (nSPS) is 10.1. The van der Waals surface area contributed by atoms with Crippen molar-refractivity contribution in [3.63, 3.8) is 0 Å². The highest BCUT2D eigenvalue weighted by Crippen LogP contribution is 2.24. The number of carbonyl (C=O) groups excluding carboxylic acids is 1. The maximum Gasteiger partial charge on any atom is 0.319 e. The van der Waals surface area contributed by atoms with Crippen LogP contribution in [-0.2, 0) is 6.42 Å². The zero-order valence-corrected chi connectivity index (χ0v) is 12.7. The number of anilines is 1. The van der Waals surface area contributed by atoms with Gasteiger partial charge < -0.3 is 15.4 Å². The molecule has 0 fully saturated rings. The summed E-state index contributed by atoms with van der Waals surface area (Å²) in [5.41, 5.74) is 2.48. The Hall–Kier alpha value is -2.56. The fourth-order valence-electron chi connectivity index (χ4n) is 2.10. The monoisotopic (exact) mass is 302 g/mol. The second-order valence-electron chi connectivity index (χ2n) is 4.96. The molecular formula is C17H19FN2O2. The molecule has 2 N–H and O–H groups in total. The van der Waals surface area contributed by atoms with Gasteiger partial charge in [-0.05, 0) is 48.7 Å². The Kier molecular flexibility index (Phi) is 5.36. The van der Waals surface area contributed by atoms with Crippen molar-refractivity contribution >= 4 is 11.7 Å². The first-order valence-corrected chi connectivity index (χ1v) is 7.02. The third-order valence-electron chi connectivity index (χ3n) is 3.19. The van der Waals surface area contributed by atoms with Gasteiger partial charge in [0.05, 0.1) is 12.8 Å². The first kappa shape index (κ1) is 15.8. The molecule has 0 saturated heterocycles. The van der Waals surface area contributed by atoms with Crippen LogP contribution in [-0.4, -0.2) is 19.7 Å². The zero-order chi connectivity index (χ0) is 15.9. The Morgan fingerprint density at radius 2 is 2.05 bits per heavy atom. The van der Waals surface area contributed by atoms with E-state index in [1.54, 1.807) is 19.2 Å². The number of hydrogen-bond donors (Lipinski definition) is 2. The summed E-state index contributed by atoms with van der Waals surface area (Å²) >= 11 is 0. The van der Waals surface area contributed by atoms with Crippen molar-refractivity contribution in [2.24, 2.45) is 0 Å². The number of methoxy groups -OCH3 is 1. The molecule has 116 valence electrons. The summed E-state index contributed by atoms with van der Waals surface area (Å²) in [7, 11) is 1.55. The summed E-state index contributed by atoms with van der Waals surface area (Å²) < 4.78 is 18.3. The van der Waals surface area contributed by atoms with Crippen molar-refractivity contribution < 1.29 is 13.9 Å². The third kappa shape index (κ3) is 4.48. The highest BCUT2D eigenvalue weighted by Gasteiger charge is 2.07. The van der Waals surface area contributed by atoms with E-state index < -0.39 is 0 Å². The molecule has 0 aliphatic rings. The van der Waals surface area contributed by atoms with Gasteiger partial charge in [-0.1, -0.05) is 18.2 Å². The number of amides is 2. The van der Waals surface area contributed by atoms with E-state index >= 15 is 0 Å². The van der Waals surface area contributed by atoms with Crippen LogP contribution in [0.2, 0.25) is 0 Å². The van der Waals surface area contributed by atoms with E-state index in [1.165, 1.54) is 12.1 Å². The lowest BCUT2D eigenvalue weighted by atomic mass is 10.1. The molecule has 0 saturated carbocycles. The van der Waals surface area contributed by atoms with E-state index in [4.69, 9.17) is 4.74 Å². The van der Waals surface area contributed by atoms with Crippen molar-refractivity contribution in [2.45, 2.75) is 13.3 Å². The van der Waals surface area contributed by atoms with Gasteiger partial charge in [0.1, 0.15) is 11.6 Å². The molecule has 2 aromatic carbocycles. The first-order valence-electron chi connectivity index (χ1n) is 7.02. The van der Waals surface area contributed by atoms with Gasteiger partial charge >= 0.3 is 6.03 Å². The number of rotatable bonds is 5. The molecule has 0 aliphatic heterocycles. The lowest BCUT2D eigenvalue weighted by Crippen LogP contribution is -2.30. The molecule has 5 heteroatoms. The Bertz CT molecular complexity index is 659. The van der Waals surface area contributed by atoms with Crippen LogP contribution in [0.4, 0.5) is 14.9 Å². The minimum atomic E-state index is -0.319. The average molecular weight is 302 g/mol. The molecule has 0 radical (unpaired) electrons. The summed E-state index contributed by atoms with van der Waals surface area (Å²) in [6.45, 7) is 2.36. The summed E-state index contributed by atoms with van der Waals surface area (Å²) in [4.78, 5) is 11.9. The van der Waals surface area contributed by atoms with Gasteiger partial charge in [-0.15, -0.1) is 0 Å². The van der Waals surface area contributed by atoms with Crippen molar-refractivity contribution in [1.82, 2.24) is 5.32 Å². The fraction of sp³-hybridized carbons (Fsp3) is 0.235. The van der Waals surface area contributed by atoms with Crippen LogP contribution in [0.5, 0.6) is 5.75 Å². The molecule has 0 aromatic heterocycles. The Morgan fingerprint density at radius 3 is 2.77 bits per heavy atom. The van der Waals surface area contributed by atoms with E-state index in [-0.39, 0.29) is 11.8 Å². The number of nitrogens with one attached hydrogen (secondary N) is 2. The van der Waals surface area contributed by atoms with E-state index in [0.29, 0.717) is 24.4 Å². The Balaban J connectivity index is 1.87. The molecule has 0 heterocycles. The second kappa shape index (κ2) is 7.45. The molecule has 0 spiro atoms. The van der Waals surface area contributed by atoms with Crippen LogP contribution in [0.25, 0.3) is 0 Å². The smallest absolute Gasteiger partial charge is 0.319 e. The predicted molar refractivity (Wildman–Crippen MR) is 84.9 cm³/mol. The van der Waals surface area contributed by atoms with Gasteiger partial charge in [0, 0.05) is 6.54 Å². The van der Waals surface area contributed by atoms with Gasteiger partial charge in [0.25, 0.3) is 0 Å². The van der Waals surface area contributed by atoms with Crippen molar-refractivity contribution in [1.29, 1.82) is 0 Å². The van der Waals surface area contributed by atoms with Gasteiger partial charge in [-0.2, -0.15) is 0 Å². The van der Waals surface area contributed by atoms with Crippen LogP contribution in [0.1, 0.15) is 11.1 Å². The average Bonchev–Trinajstić information content (AvgIpc) is 2.47. The molecule has 22 heavy (non-hydrogen) atoms. The number of urea groups is 1. The molecular weight excluding hydrogens is 283 g/mol. The SMILES string of the molecule is COc1ccc(C)cc1NC(=O)NCCc1cccc(F)c1. The fourth-order valence-corrected chi connectivity index (χ4v) is 2.10. The number of ether oxygens (including phenoxy) is 1. The molecule has 2 rings (SSSR count). The minimum Gasteiger partial charge on any atom is -0.495 e. The van der Waals surface area contributed by atoms with E-state index in [0.717, 1.165) is 11.1 Å².